The van der Waals surface area contributed by atoms with Crippen LogP contribution in [-0.2, 0) is 0 Å². The topological polar surface area (TPSA) is 40.6 Å². The highest BCUT2D eigenvalue weighted by Gasteiger charge is 2.20. The lowest BCUT2D eigenvalue weighted by Crippen LogP contribution is -1.99. The third kappa shape index (κ3) is 5.60. The number of benzene rings is 5. The molecule has 1 aromatic heterocycles. The van der Waals surface area contributed by atoms with Gasteiger partial charge in [-0.25, -0.2) is 8.78 Å². The first-order valence-corrected chi connectivity index (χ1v) is 14.6. The number of ether oxygens (including phenoxy) is 3. The molecule has 1 heterocycles. The summed E-state index contributed by atoms with van der Waals surface area (Å²) in [5.41, 5.74) is 9.77. The second-order valence-electron chi connectivity index (χ2n) is 11.1. The van der Waals surface area contributed by atoms with E-state index in [9.17, 15) is 8.78 Å². The Morgan fingerprint density at radius 2 is 1.09 bits per heavy atom. The highest BCUT2D eigenvalue weighted by Crippen LogP contribution is 2.45. The summed E-state index contributed by atoms with van der Waals surface area (Å²) >= 11 is 0. The maximum absolute atomic E-state index is 13.8. The van der Waals surface area contributed by atoms with Crippen LogP contribution >= 0.6 is 0 Å². The fourth-order valence-electron chi connectivity index (χ4n) is 5.95. The molecule has 45 heavy (non-hydrogen) atoms. The van der Waals surface area contributed by atoms with Crippen LogP contribution in [0.25, 0.3) is 55.4 Å². The first-order chi connectivity index (χ1) is 21.7. The molecule has 0 atom stereocenters. The molecule has 4 nitrogen and oxygen atoms in total. The number of nitrogens with zero attached hydrogens (tertiary/aromatic N) is 1. The molecule has 0 fully saturated rings. The number of rotatable bonds is 7. The van der Waals surface area contributed by atoms with E-state index in [2.05, 4.69) is 26.0 Å². The zero-order valence-corrected chi connectivity index (χ0v) is 26.1. The third-order valence-corrected chi connectivity index (χ3v) is 8.34. The average Bonchev–Trinajstić information content (AvgIpc) is 3.05. The first kappa shape index (κ1) is 29.8. The SMILES string of the molecule is COc1cc(-c2cc3cc(C)c(C)c(OC)c3c(C)n2)cc(-c2cc(-c3ccc(F)cc3)cc(-c3ccc(F)cc3)c2)c1OC. The minimum absolute atomic E-state index is 0.311. The highest BCUT2D eigenvalue weighted by molar-refractivity contribution is 5.95. The van der Waals surface area contributed by atoms with Crippen molar-refractivity contribution in [2.45, 2.75) is 20.8 Å². The molecule has 6 aromatic rings. The largest absolute Gasteiger partial charge is 0.496 e. The molecular weight excluding hydrogens is 568 g/mol. The average molecular weight is 602 g/mol. The predicted molar refractivity (Wildman–Crippen MR) is 177 cm³/mol. The van der Waals surface area contributed by atoms with Gasteiger partial charge in [0.1, 0.15) is 17.4 Å². The molecule has 6 rings (SSSR count). The van der Waals surface area contributed by atoms with Crippen molar-refractivity contribution in [3.05, 3.63) is 119 Å². The Morgan fingerprint density at radius 3 is 1.62 bits per heavy atom. The molecule has 0 N–H and O–H groups in total. The molecule has 0 saturated heterocycles. The lowest BCUT2D eigenvalue weighted by atomic mass is 9.91. The lowest BCUT2D eigenvalue weighted by molar-refractivity contribution is 0.356. The van der Waals surface area contributed by atoms with Crippen molar-refractivity contribution in [3.8, 4) is 61.9 Å². The van der Waals surface area contributed by atoms with Crippen LogP contribution < -0.4 is 14.2 Å². The summed E-state index contributed by atoms with van der Waals surface area (Å²) in [6.07, 6.45) is 0. The van der Waals surface area contributed by atoms with Crippen molar-refractivity contribution < 1.29 is 23.0 Å². The smallest absolute Gasteiger partial charge is 0.168 e. The highest BCUT2D eigenvalue weighted by atomic mass is 19.1. The predicted octanol–water partition coefficient (Wildman–Crippen LogP) is 10.1. The second kappa shape index (κ2) is 12.0. The molecule has 0 aliphatic heterocycles. The Balaban J connectivity index is 1.60. The summed E-state index contributed by atoms with van der Waals surface area (Å²) in [6.45, 7) is 6.13. The molecule has 0 bridgehead atoms. The minimum Gasteiger partial charge on any atom is -0.496 e. The fourth-order valence-corrected chi connectivity index (χ4v) is 5.95. The summed E-state index contributed by atoms with van der Waals surface area (Å²) in [7, 11) is 4.91. The van der Waals surface area contributed by atoms with Crippen molar-refractivity contribution in [1.29, 1.82) is 0 Å². The molecule has 0 aliphatic carbocycles. The van der Waals surface area contributed by atoms with Crippen molar-refractivity contribution >= 4 is 10.8 Å². The van der Waals surface area contributed by atoms with Gasteiger partial charge in [0.2, 0.25) is 0 Å². The zero-order valence-electron chi connectivity index (χ0n) is 26.1. The van der Waals surface area contributed by atoms with E-state index in [1.54, 1.807) is 45.6 Å². The number of pyridine rings is 1. The van der Waals surface area contributed by atoms with Gasteiger partial charge in [-0.3, -0.25) is 4.98 Å². The first-order valence-electron chi connectivity index (χ1n) is 14.6. The quantitative estimate of drug-likeness (QED) is 0.183. The van der Waals surface area contributed by atoms with E-state index in [0.717, 1.165) is 78.0 Å². The van der Waals surface area contributed by atoms with Crippen LogP contribution in [0.3, 0.4) is 0 Å². The van der Waals surface area contributed by atoms with Crippen LogP contribution in [0.15, 0.2) is 91.0 Å². The van der Waals surface area contributed by atoms with Crippen LogP contribution in [0.5, 0.6) is 17.2 Å². The summed E-state index contributed by atoms with van der Waals surface area (Å²) in [6, 6.07) is 27.1. The molecule has 0 radical (unpaired) electrons. The minimum atomic E-state index is -0.311. The summed E-state index contributed by atoms with van der Waals surface area (Å²) < 4.78 is 45.3. The Labute approximate surface area is 261 Å². The third-order valence-electron chi connectivity index (χ3n) is 8.34. The van der Waals surface area contributed by atoms with Crippen LogP contribution in [0.2, 0.25) is 0 Å². The van der Waals surface area contributed by atoms with Gasteiger partial charge in [0.25, 0.3) is 0 Å². The maximum Gasteiger partial charge on any atom is 0.168 e. The lowest BCUT2D eigenvalue weighted by Gasteiger charge is -2.18. The summed E-state index contributed by atoms with van der Waals surface area (Å²) in [5, 5.41) is 2.02. The van der Waals surface area contributed by atoms with Crippen LogP contribution in [0.1, 0.15) is 16.8 Å². The molecule has 0 amide bonds. The molecule has 0 spiro atoms. The Hall–Kier alpha value is -5.23. The maximum atomic E-state index is 13.8. The number of aryl methyl sites for hydroxylation is 2. The van der Waals surface area contributed by atoms with Gasteiger partial charge in [-0.2, -0.15) is 0 Å². The van der Waals surface area contributed by atoms with Crippen molar-refractivity contribution in [1.82, 2.24) is 4.98 Å². The van der Waals surface area contributed by atoms with E-state index in [4.69, 9.17) is 19.2 Å². The van der Waals surface area contributed by atoms with Gasteiger partial charge in [0, 0.05) is 22.2 Å². The molecule has 0 aliphatic rings. The normalized spacial score (nSPS) is 11.1. The summed E-state index contributed by atoms with van der Waals surface area (Å²) in [5.74, 6) is 1.33. The van der Waals surface area contributed by atoms with Gasteiger partial charge in [-0.05, 0) is 126 Å². The fraction of sp³-hybridized carbons (Fsp3) is 0.154. The number of hydrogen-bond donors (Lipinski definition) is 0. The van der Waals surface area contributed by atoms with Gasteiger partial charge in [0.15, 0.2) is 11.5 Å². The Morgan fingerprint density at radius 1 is 0.533 bits per heavy atom. The Bertz CT molecular complexity index is 1990. The molecule has 0 saturated carbocycles. The summed E-state index contributed by atoms with van der Waals surface area (Å²) in [4.78, 5) is 5.02. The standard InChI is InChI=1S/C39H33F2NO3/c1-22-15-31-20-35(42-24(3)37(31)38(44-5)23(22)2)30-19-34(39(45-6)36(21-30)43-4)29-17-27(25-7-11-32(40)12-8-25)16-28(18-29)26-9-13-33(41)14-10-26/h7-21H,1-6H3. The van der Waals surface area contributed by atoms with Crippen LogP contribution in [0.4, 0.5) is 8.78 Å². The second-order valence-corrected chi connectivity index (χ2v) is 11.1. The molecule has 226 valence electrons. The van der Waals surface area contributed by atoms with Gasteiger partial charge >= 0.3 is 0 Å². The van der Waals surface area contributed by atoms with E-state index in [0.29, 0.717) is 11.5 Å². The number of aromatic nitrogens is 1. The van der Waals surface area contributed by atoms with E-state index in [-0.39, 0.29) is 11.6 Å². The van der Waals surface area contributed by atoms with Crippen molar-refractivity contribution in [2.75, 3.05) is 21.3 Å². The van der Waals surface area contributed by atoms with Gasteiger partial charge < -0.3 is 14.2 Å². The number of halogens is 2. The molecule has 5 aromatic carbocycles. The number of methoxy groups -OCH3 is 3. The number of fused-ring (bicyclic) bond motifs is 1. The zero-order chi connectivity index (χ0) is 31.8. The van der Waals surface area contributed by atoms with Crippen molar-refractivity contribution in [2.24, 2.45) is 0 Å². The van der Waals surface area contributed by atoms with Crippen LogP contribution in [0, 0.1) is 32.4 Å². The van der Waals surface area contributed by atoms with E-state index >= 15 is 0 Å². The van der Waals surface area contributed by atoms with Crippen LogP contribution in [-0.4, -0.2) is 26.3 Å². The van der Waals surface area contributed by atoms with E-state index in [1.807, 2.05) is 37.3 Å². The monoisotopic (exact) mass is 601 g/mol. The van der Waals surface area contributed by atoms with Gasteiger partial charge in [-0.15, -0.1) is 0 Å². The van der Waals surface area contributed by atoms with E-state index < -0.39 is 0 Å². The van der Waals surface area contributed by atoms with E-state index in [1.165, 1.54) is 24.3 Å². The molecule has 6 heteroatoms. The molecule has 0 unspecified atom stereocenters. The van der Waals surface area contributed by atoms with Gasteiger partial charge in [-0.1, -0.05) is 30.3 Å². The number of hydrogen-bond acceptors (Lipinski definition) is 4. The van der Waals surface area contributed by atoms with Gasteiger partial charge in [0.05, 0.1) is 27.0 Å². The Kier molecular flexibility index (Phi) is 7.98. The molecular formula is C39H33F2NO3. The van der Waals surface area contributed by atoms with Crippen molar-refractivity contribution in [3.63, 3.8) is 0 Å².